The summed E-state index contributed by atoms with van der Waals surface area (Å²) in [5.41, 5.74) is 5.99. The number of benzene rings is 1. The van der Waals surface area contributed by atoms with Crippen molar-refractivity contribution in [2.24, 2.45) is 0 Å². The summed E-state index contributed by atoms with van der Waals surface area (Å²) >= 11 is 0. The summed E-state index contributed by atoms with van der Waals surface area (Å²) in [6.45, 7) is 3.84. The molecule has 0 radical (unpaired) electrons. The van der Waals surface area contributed by atoms with Crippen LogP contribution in [-0.2, 0) is 19.5 Å². The Balaban J connectivity index is 1.38. The van der Waals surface area contributed by atoms with Crippen molar-refractivity contribution < 1.29 is 0 Å². The summed E-state index contributed by atoms with van der Waals surface area (Å²) in [4.78, 5) is 11.5. The first-order valence-corrected chi connectivity index (χ1v) is 9.12. The number of hydrogen-bond acceptors (Lipinski definition) is 4. The molecule has 0 unspecified atom stereocenters. The molecule has 26 heavy (non-hydrogen) atoms. The predicted molar refractivity (Wildman–Crippen MR) is 104 cm³/mol. The van der Waals surface area contributed by atoms with Crippen LogP contribution in [0.5, 0.6) is 0 Å². The van der Waals surface area contributed by atoms with Gasteiger partial charge in [-0.25, -0.2) is 4.98 Å². The fourth-order valence-corrected chi connectivity index (χ4v) is 3.66. The highest BCUT2D eigenvalue weighted by molar-refractivity contribution is 5.77. The van der Waals surface area contributed by atoms with Gasteiger partial charge in [-0.15, -0.1) is 0 Å². The van der Waals surface area contributed by atoms with Crippen LogP contribution in [0, 0.1) is 0 Å². The van der Waals surface area contributed by atoms with E-state index in [1.807, 2.05) is 18.3 Å². The summed E-state index contributed by atoms with van der Waals surface area (Å²) in [6.07, 6.45) is 11.1. The van der Waals surface area contributed by atoms with Crippen LogP contribution in [0.25, 0.3) is 11.0 Å². The molecule has 0 atom stereocenters. The topological polar surface area (TPSA) is 46.0 Å². The molecular formula is C21H21N5. The van der Waals surface area contributed by atoms with Crippen molar-refractivity contribution in [2.45, 2.75) is 19.5 Å². The molecule has 0 amide bonds. The zero-order valence-electron chi connectivity index (χ0n) is 14.6. The third-order valence-electron chi connectivity index (χ3n) is 5.15. The van der Waals surface area contributed by atoms with Crippen molar-refractivity contribution in [1.29, 1.82) is 0 Å². The second kappa shape index (κ2) is 6.33. The highest BCUT2D eigenvalue weighted by atomic mass is 15.2. The number of anilines is 1. The average molecular weight is 343 g/mol. The minimum absolute atomic E-state index is 0.784. The van der Waals surface area contributed by atoms with Gasteiger partial charge < -0.3 is 14.8 Å². The quantitative estimate of drug-likeness (QED) is 0.789. The van der Waals surface area contributed by atoms with Gasteiger partial charge in [0.2, 0.25) is 0 Å². The van der Waals surface area contributed by atoms with E-state index in [0.29, 0.717) is 0 Å². The van der Waals surface area contributed by atoms with Crippen LogP contribution >= 0.6 is 0 Å². The van der Waals surface area contributed by atoms with Crippen molar-refractivity contribution in [3.05, 3.63) is 78.0 Å². The van der Waals surface area contributed by atoms with Gasteiger partial charge in [-0.05, 0) is 42.0 Å². The largest absolute Gasteiger partial charge is 0.380 e. The van der Waals surface area contributed by atoms with Gasteiger partial charge in [0.25, 0.3) is 0 Å². The SMILES string of the molecule is C1=CC(N2CCc3nc4ccc(CNc5cccnc5)cc4n3CC2)=C1. The Bertz CT molecular complexity index is 1000. The van der Waals surface area contributed by atoms with Crippen LogP contribution in [-0.4, -0.2) is 32.5 Å². The molecule has 2 aromatic heterocycles. The van der Waals surface area contributed by atoms with Gasteiger partial charge in [0, 0.05) is 50.7 Å². The molecule has 5 rings (SSSR count). The Morgan fingerprint density at radius 2 is 2.08 bits per heavy atom. The lowest BCUT2D eigenvalue weighted by molar-refractivity contribution is 0.359. The lowest BCUT2D eigenvalue weighted by Crippen LogP contribution is -2.26. The maximum atomic E-state index is 4.88. The Morgan fingerprint density at radius 3 is 2.88 bits per heavy atom. The van der Waals surface area contributed by atoms with E-state index < -0.39 is 0 Å². The number of fused-ring (bicyclic) bond motifs is 3. The van der Waals surface area contributed by atoms with Gasteiger partial charge in [0.15, 0.2) is 0 Å². The van der Waals surface area contributed by atoms with Crippen molar-refractivity contribution in [3.8, 4) is 0 Å². The number of nitrogens with zero attached hydrogens (tertiary/aromatic N) is 4. The van der Waals surface area contributed by atoms with E-state index in [1.165, 1.54) is 22.6 Å². The second-order valence-electron chi connectivity index (χ2n) is 6.79. The highest BCUT2D eigenvalue weighted by Crippen LogP contribution is 2.23. The van der Waals surface area contributed by atoms with Gasteiger partial charge in [-0.2, -0.15) is 0 Å². The van der Waals surface area contributed by atoms with E-state index in [4.69, 9.17) is 4.98 Å². The first kappa shape index (κ1) is 15.2. The molecule has 1 N–H and O–H groups in total. The van der Waals surface area contributed by atoms with E-state index in [9.17, 15) is 0 Å². The molecule has 1 aromatic carbocycles. The van der Waals surface area contributed by atoms with Crippen LogP contribution in [0.15, 0.2) is 66.7 Å². The number of nitrogens with one attached hydrogen (secondary N) is 1. The maximum absolute atomic E-state index is 4.88. The van der Waals surface area contributed by atoms with Crippen LogP contribution in [0.2, 0.25) is 0 Å². The first-order valence-electron chi connectivity index (χ1n) is 9.12. The molecule has 0 saturated heterocycles. The molecule has 3 heterocycles. The number of rotatable bonds is 4. The predicted octanol–water partition coefficient (Wildman–Crippen LogP) is 3.36. The number of pyridine rings is 1. The standard InChI is InChI=1S/C21H21N5/c1-4-18(5-1)25-10-8-21-24-19-7-6-16(13-20(19)26(21)12-11-25)14-23-17-3-2-9-22-15-17/h1-7,9,13,15,23H,8,10-12,14H2. The zero-order chi connectivity index (χ0) is 17.3. The van der Waals surface area contributed by atoms with E-state index in [1.54, 1.807) is 6.20 Å². The normalized spacial score (nSPS) is 16.0. The summed E-state index contributed by atoms with van der Waals surface area (Å²) in [7, 11) is 0. The monoisotopic (exact) mass is 343 g/mol. The van der Waals surface area contributed by atoms with E-state index in [-0.39, 0.29) is 0 Å². The summed E-state index contributed by atoms with van der Waals surface area (Å²) in [6, 6.07) is 10.6. The van der Waals surface area contributed by atoms with Crippen molar-refractivity contribution >= 4 is 16.7 Å². The van der Waals surface area contributed by atoms with Crippen LogP contribution in [0.3, 0.4) is 0 Å². The Kier molecular flexibility index (Phi) is 3.70. The second-order valence-corrected chi connectivity index (χ2v) is 6.79. The molecule has 0 bridgehead atoms. The third-order valence-corrected chi connectivity index (χ3v) is 5.15. The molecule has 0 spiro atoms. The zero-order valence-corrected chi connectivity index (χ0v) is 14.6. The average Bonchev–Trinajstić information content (AvgIpc) is 2.85. The van der Waals surface area contributed by atoms with Gasteiger partial charge in [0.1, 0.15) is 5.82 Å². The molecular weight excluding hydrogens is 322 g/mol. The molecule has 5 nitrogen and oxygen atoms in total. The number of hydrogen-bond donors (Lipinski definition) is 1. The van der Waals surface area contributed by atoms with Gasteiger partial charge >= 0.3 is 0 Å². The van der Waals surface area contributed by atoms with Crippen LogP contribution < -0.4 is 5.32 Å². The van der Waals surface area contributed by atoms with Crippen molar-refractivity contribution in [2.75, 3.05) is 18.4 Å². The van der Waals surface area contributed by atoms with E-state index >= 15 is 0 Å². The minimum atomic E-state index is 0.784. The van der Waals surface area contributed by atoms with Crippen molar-refractivity contribution in [3.63, 3.8) is 0 Å². The Labute approximate surface area is 152 Å². The number of aromatic nitrogens is 3. The van der Waals surface area contributed by atoms with Gasteiger partial charge in [-0.1, -0.05) is 12.1 Å². The minimum Gasteiger partial charge on any atom is -0.380 e. The lowest BCUT2D eigenvalue weighted by atomic mass is 10.2. The molecule has 0 fully saturated rings. The molecule has 1 aliphatic heterocycles. The maximum Gasteiger partial charge on any atom is 0.111 e. The third kappa shape index (κ3) is 2.75. The highest BCUT2D eigenvalue weighted by Gasteiger charge is 2.19. The van der Waals surface area contributed by atoms with Crippen LogP contribution in [0.4, 0.5) is 5.69 Å². The lowest BCUT2D eigenvalue weighted by Gasteiger charge is -2.25. The number of imidazole rings is 1. The molecule has 5 heteroatoms. The summed E-state index contributed by atoms with van der Waals surface area (Å²) in [5.74, 6) is 1.20. The molecule has 3 aromatic rings. The van der Waals surface area contributed by atoms with E-state index in [2.05, 4.69) is 56.2 Å². The Morgan fingerprint density at radius 1 is 1.12 bits per heavy atom. The molecule has 0 saturated carbocycles. The molecule has 130 valence electrons. The molecule has 1 aliphatic carbocycles. The number of allylic oxidation sites excluding steroid dienone is 3. The molecule has 2 aliphatic rings. The fraction of sp³-hybridized carbons (Fsp3) is 0.238. The summed E-state index contributed by atoms with van der Waals surface area (Å²) in [5, 5.41) is 3.43. The summed E-state index contributed by atoms with van der Waals surface area (Å²) < 4.78 is 2.39. The smallest absolute Gasteiger partial charge is 0.111 e. The van der Waals surface area contributed by atoms with Gasteiger partial charge in [-0.3, -0.25) is 4.98 Å². The first-order chi connectivity index (χ1) is 12.9. The Hall–Kier alpha value is -3.08. The van der Waals surface area contributed by atoms with Crippen LogP contribution in [0.1, 0.15) is 11.4 Å². The van der Waals surface area contributed by atoms with Gasteiger partial charge in [0.05, 0.1) is 16.7 Å². The van der Waals surface area contributed by atoms with E-state index in [0.717, 1.165) is 43.8 Å². The fourth-order valence-electron chi connectivity index (χ4n) is 3.66. The van der Waals surface area contributed by atoms with Crippen molar-refractivity contribution in [1.82, 2.24) is 19.4 Å².